The fourth-order valence-electron chi connectivity index (χ4n) is 22.6. The van der Waals surface area contributed by atoms with Gasteiger partial charge in [0.2, 0.25) is 27.1 Å². The Morgan fingerprint density at radius 1 is 0.230 bits per heavy atom. The predicted molar refractivity (Wildman–Crippen MR) is 612 cm³/mol. The molecule has 2 aliphatic heterocycles. The van der Waals surface area contributed by atoms with Crippen LogP contribution >= 0.6 is 34.0 Å². The van der Waals surface area contributed by atoms with Crippen LogP contribution in [0.2, 0.25) is 0 Å². The van der Waals surface area contributed by atoms with Crippen LogP contribution in [-0.2, 0) is 10.8 Å². The Kier molecular flexibility index (Phi) is 20.7. The first-order chi connectivity index (χ1) is 71.7. The van der Waals surface area contributed by atoms with Crippen LogP contribution in [0.15, 0.2) is 400 Å². The van der Waals surface area contributed by atoms with Gasteiger partial charge in [0, 0.05) is 142 Å². The van der Waals surface area contributed by atoms with Crippen LogP contribution in [0.4, 0.5) is 39.8 Å². The molecular weight excluding hydrogens is 1900 g/mol. The number of para-hydroxylation sites is 9. The SMILES string of the molecule is CC1(C)c2ccccc2N(c2ccc3c(=O)c4cc5c(=O)c6ccccc6sc5cc4sc3c2)c2ccccc21.Cc1c2oc3ccccc3c(=O)c2c(C)c2c(=O)c3ccc(N(C)C)cc3oc12.Cc1c2oc3ccccc3c(=O)c2c(C)c2c(=O)c3ccc(N4c5ccccc5C(C)(C)c5ccccc54)cc3oc12.O=c1c2ccccc2oc2cc3sc4cc(-n5c6ccccc6c6ccccc65)ccc4c(=O)c3cc12. The summed E-state index contributed by atoms with van der Waals surface area (Å²) in [6.45, 7) is 16.3. The normalized spacial score (nSPS) is 13.1. The Morgan fingerprint density at radius 2 is 0.527 bits per heavy atom. The van der Waals surface area contributed by atoms with Crippen LogP contribution in [0.3, 0.4) is 0 Å². The highest BCUT2D eigenvalue weighted by Gasteiger charge is 2.39. The van der Waals surface area contributed by atoms with Gasteiger partial charge in [-0.1, -0.05) is 185 Å². The minimum absolute atomic E-state index is 0.0172. The van der Waals surface area contributed by atoms with E-state index in [1.54, 1.807) is 97.2 Å². The molecule has 148 heavy (non-hydrogen) atoms. The summed E-state index contributed by atoms with van der Waals surface area (Å²) < 4.78 is 38.8. The van der Waals surface area contributed by atoms with Crippen molar-refractivity contribution in [2.75, 3.05) is 28.8 Å². The first-order valence-corrected chi connectivity index (χ1v) is 51.3. The van der Waals surface area contributed by atoms with Gasteiger partial charge >= 0.3 is 0 Å². The Hall–Kier alpha value is -17.8. The Labute approximate surface area is 853 Å². The van der Waals surface area contributed by atoms with Crippen molar-refractivity contribution in [2.24, 2.45) is 0 Å². The average Bonchev–Trinajstić information content (AvgIpc) is 0.796. The molecule has 0 saturated heterocycles. The highest BCUT2D eigenvalue weighted by atomic mass is 32.1. The molecule has 0 unspecified atom stereocenters. The molecule has 9 aromatic heterocycles. The smallest absolute Gasteiger partial charge is 0.200 e. The zero-order valence-electron chi connectivity index (χ0n) is 81.7. The number of anilines is 7. The van der Waals surface area contributed by atoms with Gasteiger partial charge in [-0.3, -0.25) is 38.4 Å². The maximum atomic E-state index is 14.0. The molecule has 20 heteroatoms. The van der Waals surface area contributed by atoms with E-state index in [4.69, 9.17) is 22.1 Å². The molecule has 0 atom stereocenters. The third-order valence-corrected chi connectivity index (χ3v) is 33.4. The zero-order chi connectivity index (χ0) is 101. The molecule has 0 radical (unpaired) electrons. The molecule has 0 fully saturated rings. The molecule has 17 nitrogen and oxygen atoms in total. The Morgan fingerprint density at radius 3 is 0.980 bits per heavy atom. The highest BCUT2D eigenvalue weighted by Crippen LogP contribution is 2.55. The molecule has 0 spiro atoms. The average molecular weight is 1980 g/mol. The summed E-state index contributed by atoms with van der Waals surface area (Å²) in [5.41, 5.74) is 21.8. The lowest BCUT2D eigenvalue weighted by molar-refractivity contribution is 0.631. The van der Waals surface area contributed by atoms with Crippen molar-refractivity contribution in [2.45, 2.75) is 66.2 Å². The summed E-state index contributed by atoms with van der Waals surface area (Å²) in [6, 6.07) is 111. The number of hydrogen-bond acceptors (Lipinski definition) is 19. The van der Waals surface area contributed by atoms with Crippen molar-refractivity contribution in [1.29, 1.82) is 0 Å². The van der Waals surface area contributed by atoms with E-state index in [2.05, 4.69) is 188 Å². The zero-order valence-corrected chi connectivity index (χ0v) is 84.1. The summed E-state index contributed by atoms with van der Waals surface area (Å²) in [6.07, 6.45) is 0. The molecule has 11 heterocycles. The summed E-state index contributed by atoms with van der Waals surface area (Å²) in [7, 11) is 3.87. The number of hydrogen-bond donors (Lipinski definition) is 0. The molecule has 0 saturated carbocycles. The molecule has 0 amide bonds. The van der Waals surface area contributed by atoms with Gasteiger partial charge in [-0.05, 0) is 231 Å². The van der Waals surface area contributed by atoms with Crippen molar-refractivity contribution < 1.29 is 22.1 Å². The van der Waals surface area contributed by atoms with Gasteiger partial charge in [0.25, 0.3) is 0 Å². The number of rotatable bonds is 4. The molecule has 27 aromatic rings. The van der Waals surface area contributed by atoms with Crippen LogP contribution in [0, 0.1) is 27.7 Å². The maximum absolute atomic E-state index is 14.0. The summed E-state index contributed by atoms with van der Waals surface area (Å²) in [5.74, 6) is 0. The molecule has 29 rings (SSSR count). The van der Waals surface area contributed by atoms with Gasteiger partial charge in [0.05, 0.1) is 87.6 Å². The van der Waals surface area contributed by atoms with Crippen molar-refractivity contribution >= 4 is 266 Å². The second-order valence-corrected chi connectivity index (χ2v) is 42.7. The number of fused-ring (bicyclic) bond motifs is 23. The Balaban J connectivity index is 0.000000101. The second-order valence-electron chi connectivity index (χ2n) is 39.4. The molecule has 0 bridgehead atoms. The van der Waals surface area contributed by atoms with Crippen molar-refractivity contribution in [1.82, 2.24) is 4.57 Å². The second kappa shape index (κ2) is 33.9. The van der Waals surface area contributed by atoms with Crippen LogP contribution in [0.1, 0.15) is 72.2 Å². The standard InChI is InChI=1S/C37H27NO4.C35H23NO2S2.C32H17NO3S.C24H19NO4/c1-20-31-33(39)23-11-5-10-16-29(23)41-35(31)21(2)36-32(20)34(40)24-18-17-22(19-30(24)42-36)38-27-14-8-6-12-25(27)37(3,4)26-13-7-9-15-28(26)38;1-35(2)25-10-4-6-12-27(25)36(28-13-7-5-11-26(28)35)20-15-16-22-30(17-20)40-32-19-31-23(18-24(32)34(22)38)33(37)21-9-3-8-14-29(21)39-31;34-31-21-9-3-6-12-27(21)36-28-17-30-24(16-23(28)31)32(35)22-14-13-18(15-29(22)37-30)33-25-10-4-1-7-19(25)20-8-2-5-11-26(20)33;1-12-19-21(26)15-7-5-6-8-17(15)28-23(19)13(2)24-20(12)22(27)16-10-9-14(25(3)4)11-18(16)29-24/h5-19H,1-4H3;3-19H,1-2H3;1-17H;5-11H,1-4H3. The maximum Gasteiger partial charge on any atom is 0.200 e. The molecule has 714 valence electrons. The van der Waals surface area contributed by atoms with Crippen molar-refractivity contribution in [3.8, 4) is 5.69 Å². The van der Waals surface area contributed by atoms with E-state index in [1.807, 2.05) is 166 Å². The van der Waals surface area contributed by atoms with E-state index in [-0.39, 0.29) is 54.3 Å². The van der Waals surface area contributed by atoms with E-state index in [1.165, 1.54) is 44.4 Å². The minimum atomic E-state index is -0.174. The molecule has 0 N–H and O–H groups in total. The first kappa shape index (κ1) is 90.2. The summed E-state index contributed by atoms with van der Waals surface area (Å²) in [4.78, 5) is 114. The third kappa shape index (κ3) is 13.8. The molecule has 18 aromatic carbocycles. The number of aryl methyl sites for hydroxylation is 4. The van der Waals surface area contributed by atoms with Crippen LogP contribution in [0.25, 0.3) is 198 Å². The first-order valence-electron chi connectivity index (χ1n) is 48.8. The van der Waals surface area contributed by atoms with Crippen LogP contribution in [0.5, 0.6) is 0 Å². The van der Waals surface area contributed by atoms with E-state index >= 15 is 0 Å². The third-order valence-electron chi connectivity index (χ3n) is 30.1. The number of aromatic nitrogens is 1. The monoisotopic (exact) mass is 1980 g/mol. The number of benzene rings is 18. The van der Waals surface area contributed by atoms with E-state index in [0.717, 1.165) is 84.7 Å². The largest absolute Gasteiger partial charge is 0.456 e. The van der Waals surface area contributed by atoms with Crippen molar-refractivity contribution in [3.63, 3.8) is 0 Å². The van der Waals surface area contributed by atoms with E-state index in [0.29, 0.717) is 164 Å². The summed E-state index contributed by atoms with van der Waals surface area (Å²) >= 11 is 4.75. The van der Waals surface area contributed by atoms with Gasteiger partial charge < -0.3 is 41.4 Å². The number of nitrogens with zero attached hydrogens (tertiary/aromatic N) is 4. The lowest BCUT2D eigenvalue weighted by atomic mass is 9.73. The quantitative estimate of drug-likeness (QED) is 0.150. The Bertz CT molecular complexity index is 11000. The fourth-order valence-corrected chi connectivity index (χ4v) is 26.0. The molecular formula is C128H86N4O13S3. The lowest BCUT2D eigenvalue weighted by Gasteiger charge is -2.42. The minimum Gasteiger partial charge on any atom is -0.456 e. The topological polar surface area (TPSA) is 217 Å². The predicted octanol–water partition coefficient (Wildman–Crippen LogP) is 30.8. The highest BCUT2D eigenvalue weighted by molar-refractivity contribution is 7.26. The van der Waals surface area contributed by atoms with E-state index < -0.39 is 0 Å². The van der Waals surface area contributed by atoms with E-state index in [9.17, 15) is 38.4 Å². The molecule has 2 aliphatic rings. The van der Waals surface area contributed by atoms with Crippen LogP contribution < -0.4 is 58.1 Å². The van der Waals surface area contributed by atoms with Gasteiger partial charge in [0.15, 0.2) is 16.3 Å². The lowest BCUT2D eigenvalue weighted by Crippen LogP contribution is -2.30. The molecule has 0 aliphatic carbocycles. The van der Waals surface area contributed by atoms with Gasteiger partial charge in [-0.2, -0.15) is 0 Å². The van der Waals surface area contributed by atoms with Gasteiger partial charge in [-0.25, -0.2) is 0 Å². The van der Waals surface area contributed by atoms with Gasteiger partial charge in [0.1, 0.15) is 55.8 Å². The fraction of sp³-hybridized carbons (Fsp3) is 0.0938. The van der Waals surface area contributed by atoms with Gasteiger partial charge in [-0.15, -0.1) is 34.0 Å². The van der Waals surface area contributed by atoms with Crippen LogP contribution in [-0.4, -0.2) is 18.7 Å². The van der Waals surface area contributed by atoms with Crippen molar-refractivity contribution in [3.05, 3.63) is 466 Å². The summed E-state index contributed by atoms with van der Waals surface area (Å²) in [5, 5.41) is 10.8.